The maximum atomic E-state index is 12.8. The summed E-state index contributed by atoms with van der Waals surface area (Å²) in [6.45, 7) is 6.23. The van der Waals surface area contributed by atoms with E-state index >= 15 is 0 Å². The van der Waals surface area contributed by atoms with Crippen LogP contribution in [0.2, 0.25) is 0 Å². The molecule has 122 valence electrons. The SMILES string of the molecule is CC(C)(C)C(=O)Nc1cccc(COCc2ccc(F)cc2)n1. The van der Waals surface area contributed by atoms with Gasteiger partial charge in [0, 0.05) is 5.41 Å². The highest BCUT2D eigenvalue weighted by atomic mass is 19.1. The number of hydrogen-bond donors (Lipinski definition) is 1. The first-order valence-corrected chi connectivity index (χ1v) is 7.44. The number of amides is 1. The number of carbonyl (C=O) groups is 1. The van der Waals surface area contributed by atoms with Crippen molar-refractivity contribution in [2.45, 2.75) is 34.0 Å². The summed E-state index contributed by atoms with van der Waals surface area (Å²) in [7, 11) is 0. The number of pyridine rings is 1. The molecule has 0 aliphatic carbocycles. The molecule has 0 saturated heterocycles. The monoisotopic (exact) mass is 316 g/mol. The molecule has 5 heteroatoms. The predicted molar refractivity (Wildman–Crippen MR) is 87.2 cm³/mol. The molecule has 4 nitrogen and oxygen atoms in total. The fourth-order valence-corrected chi connectivity index (χ4v) is 1.79. The molecule has 0 fully saturated rings. The highest BCUT2D eigenvalue weighted by Gasteiger charge is 2.21. The molecule has 1 aromatic heterocycles. The van der Waals surface area contributed by atoms with E-state index in [4.69, 9.17) is 4.74 Å². The van der Waals surface area contributed by atoms with Crippen LogP contribution >= 0.6 is 0 Å². The minimum Gasteiger partial charge on any atom is -0.370 e. The smallest absolute Gasteiger partial charge is 0.230 e. The summed E-state index contributed by atoms with van der Waals surface area (Å²) in [6.07, 6.45) is 0. The Bertz CT molecular complexity index is 663. The first-order valence-electron chi connectivity index (χ1n) is 7.44. The van der Waals surface area contributed by atoms with Gasteiger partial charge in [-0.05, 0) is 29.8 Å². The van der Waals surface area contributed by atoms with Gasteiger partial charge in [0.15, 0.2) is 0 Å². The molecule has 1 aromatic carbocycles. The van der Waals surface area contributed by atoms with E-state index in [1.807, 2.05) is 32.9 Å². The maximum Gasteiger partial charge on any atom is 0.230 e. The Kier molecular flexibility index (Phi) is 5.45. The molecule has 0 aliphatic rings. The van der Waals surface area contributed by atoms with Crippen LogP contribution < -0.4 is 5.32 Å². The van der Waals surface area contributed by atoms with E-state index in [1.54, 1.807) is 18.2 Å². The molecule has 1 heterocycles. The van der Waals surface area contributed by atoms with Gasteiger partial charge in [-0.3, -0.25) is 4.79 Å². The summed E-state index contributed by atoms with van der Waals surface area (Å²) >= 11 is 0. The third kappa shape index (κ3) is 5.45. The molecule has 0 unspecified atom stereocenters. The van der Waals surface area contributed by atoms with Crippen molar-refractivity contribution in [2.75, 3.05) is 5.32 Å². The fourth-order valence-electron chi connectivity index (χ4n) is 1.79. The average molecular weight is 316 g/mol. The number of aromatic nitrogens is 1. The first-order chi connectivity index (χ1) is 10.8. The summed E-state index contributed by atoms with van der Waals surface area (Å²) in [4.78, 5) is 16.3. The third-order valence-corrected chi connectivity index (χ3v) is 3.16. The van der Waals surface area contributed by atoms with Crippen molar-refractivity contribution in [3.63, 3.8) is 0 Å². The highest BCUT2D eigenvalue weighted by molar-refractivity contribution is 5.93. The Hall–Kier alpha value is -2.27. The summed E-state index contributed by atoms with van der Waals surface area (Å²) in [6, 6.07) is 11.6. The second-order valence-electron chi connectivity index (χ2n) is 6.34. The van der Waals surface area contributed by atoms with E-state index < -0.39 is 5.41 Å². The maximum absolute atomic E-state index is 12.8. The summed E-state index contributed by atoms with van der Waals surface area (Å²) < 4.78 is 18.4. The number of nitrogens with one attached hydrogen (secondary N) is 1. The predicted octanol–water partition coefficient (Wildman–Crippen LogP) is 3.92. The molecular formula is C18H21FN2O2. The molecule has 0 saturated carbocycles. The van der Waals surface area contributed by atoms with Gasteiger partial charge in [-0.25, -0.2) is 9.37 Å². The summed E-state index contributed by atoms with van der Waals surface area (Å²) in [5.41, 5.74) is 1.14. The third-order valence-electron chi connectivity index (χ3n) is 3.16. The van der Waals surface area contributed by atoms with Gasteiger partial charge in [-0.15, -0.1) is 0 Å². The van der Waals surface area contributed by atoms with Crippen molar-refractivity contribution in [3.8, 4) is 0 Å². The second kappa shape index (κ2) is 7.33. The highest BCUT2D eigenvalue weighted by Crippen LogP contribution is 2.16. The van der Waals surface area contributed by atoms with Gasteiger partial charge in [0.05, 0.1) is 18.9 Å². The molecule has 0 bridgehead atoms. The zero-order chi connectivity index (χ0) is 16.9. The van der Waals surface area contributed by atoms with E-state index in [2.05, 4.69) is 10.3 Å². The van der Waals surface area contributed by atoms with Crippen LogP contribution in [0.25, 0.3) is 0 Å². The van der Waals surface area contributed by atoms with Gasteiger partial charge < -0.3 is 10.1 Å². The number of ether oxygens (including phenoxy) is 1. The van der Waals surface area contributed by atoms with Crippen molar-refractivity contribution in [3.05, 3.63) is 59.5 Å². The Labute approximate surface area is 135 Å². The number of halogens is 1. The van der Waals surface area contributed by atoms with Crippen LogP contribution in [-0.2, 0) is 22.7 Å². The standard InChI is InChI=1S/C18H21FN2O2/c1-18(2,3)17(22)21-16-6-4-5-15(20-16)12-23-11-13-7-9-14(19)10-8-13/h4-10H,11-12H2,1-3H3,(H,20,21,22). The second-order valence-corrected chi connectivity index (χ2v) is 6.34. The van der Waals surface area contributed by atoms with Gasteiger partial charge in [0.25, 0.3) is 0 Å². The topological polar surface area (TPSA) is 51.2 Å². The first kappa shape index (κ1) is 17.1. The number of carbonyl (C=O) groups excluding carboxylic acids is 1. The van der Waals surface area contributed by atoms with E-state index in [0.717, 1.165) is 11.3 Å². The average Bonchev–Trinajstić information content (AvgIpc) is 2.49. The zero-order valence-electron chi connectivity index (χ0n) is 13.6. The molecule has 0 aliphatic heterocycles. The van der Waals surface area contributed by atoms with Crippen LogP contribution in [0.3, 0.4) is 0 Å². The van der Waals surface area contributed by atoms with Crippen molar-refractivity contribution in [1.82, 2.24) is 4.98 Å². The molecule has 0 atom stereocenters. The van der Waals surface area contributed by atoms with Gasteiger partial charge in [0.2, 0.25) is 5.91 Å². The Morgan fingerprint density at radius 1 is 1.13 bits per heavy atom. The lowest BCUT2D eigenvalue weighted by atomic mass is 9.96. The van der Waals surface area contributed by atoms with E-state index in [9.17, 15) is 9.18 Å². The van der Waals surface area contributed by atoms with Crippen LogP contribution in [-0.4, -0.2) is 10.9 Å². The van der Waals surface area contributed by atoms with Crippen molar-refractivity contribution in [2.24, 2.45) is 5.41 Å². The van der Waals surface area contributed by atoms with Crippen molar-refractivity contribution in [1.29, 1.82) is 0 Å². The van der Waals surface area contributed by atoms with Gasteiger partial charge in [-0.1, -0.05) is 39.0 Å². The number of anilines is 1. The lowest BCUT2D eigenvalue weighted by Crippen LogP contribution is -2.28. The quantitative estimate of drug-likeness (QED) is 0.909. The van der Waals surface area contributed by atoms with Gasteiger partial charge in [0.1, 0.15) is 11.6 Å². The van der Waals surface area contributed by atoms with Crippen LogP contribution in [0.5, 0.6) is 0 Å². The van der Waals surface area contributed by atoms with E-state index in [-0.39, 0.29) is 11.7 Å². The molecule has 0 radical (unpaired) electrons. The fraction of sp³-hybridized carbons (Fsp3) is 0.333. The minimum absolute atomic E-state index is 0.0885. The molecule has 0 spiro atoms. The zero-order valence-corrected chi connectivity index (χ0v) is 13.6. The minimum atomic E-state index is -0.475. The van der Waals surface area contributed by atoms with E-state index in [1.165, 1.54) is 12.1 Å². The molecule has 1 amide bonds. The molecule has 2 aromatic rings. The van der Waals surface area contributed by atoms with Crippen LogP contribution in [0.15, 0.2) is 42.5 Å². The Morgan fingerprint density at radius 2 is 1.83 bits per heavy atom. The lowest BCUT2D eigenvalue weighted by molar-refractivity contribution is -0.123. The van der Waals surface area contributed by atoms with Crippen LogP contribution in [0.1, 0.15) is 32.0 Å². The number of benzene rings is 1. The van der Waals surface area contributed by atoms with Gasteiger partial charge >= 0.3 is 0 Å². The van der Waals surface area contributed by atoms with Gasteiger partial charge in [-0.2, -0.15) is 0 Å². The number of nitrogens with zero attached hydrogens (tertiary/aromatic N) is 1. The molecule has 1 N–H and O–H groups in total. The molecule has 23 heavy (non-hydrogen) atoms. The molecular weight excluding hydrogens is 295 g/mol. The Balaban J connectivity index is 1.90. The van der Waals surface area contributed by atoms with Crippen molar-refractivity contribution >= 4 is 11.7 Å². The largest absolute Gasteiger partial charge is 0.370 e. The van der Waals surface area contributed by atoms with Crippen LogP contribution in [0, 0.1) is 11.2 Å². The number of rotatable bonds is 5. The van der Waals surface area contributed by atoms with E-state index in [0.29, 0.717) is 19.0 Å². The molecule has 2 rings (SSSR count). The number of hydrogen-bond acceptors (Lipinski definition) is 3. The van der Waals surface area contributed by atoms with Crippen LogP contribution in [0.4, 0.5) is 10.2 Å². The van der Waals surface area contributed by atoms with Crippen molar-refractivity contribution < 1.29 is 13.9 Å². The summed E-state index contributed by atoms with van der Waals surface area (Å²) in [5.74, 6) is 0.153. The summed E-state index contributed by atoms with van der Waals surface area (Å²) in [5, 5.41) is 2.79. The normalized spacial score (nSPS) is 11.3. The Morgan fingerprint density at radius 3 is 2.48 bits per heavy atom. The lowest BCUT2D eigenvalue weighted by Gasteiger charge is -2.17.